The van der Waals surface area contributed by atoms with Gasteiger partial charge in [0.15, 0.2) is 5.84 Å². The van der Waals surface area contributed by atoms with Gasteiger partial charge >= 0.3 is 5.97 Å². The predicted octanol–water partition coefficient (Wildman–Crippen LogP) is 2.43. The van der Waals surface area contributed by atoms with Gasteiger partial charge in [-0.3, -0.25) is 9.28 Å². The number of aliphatic imine (C=N–C) groups is 1. The van der Waals surface area contributed by atoms with Gasteiger partial charge in [-0.2, -0.15) is 0 Å². The molecule has 1 heterocycles. The largest absolute Gasteiger partial charge is 0.481 e. The number of unbranched alkanes of at least 4 members (excludes halogenated alkanes) is 5. The highest BCUT2D eigenvalue weighted by Gasteiger charge is 2.37. The number of hydrogen-bond donors (Lipinski definition) is 2. The average molecular weight is 299 g/mol. The van der Waals surface area contributed by atoms with Crippen LogP contribution in [-0.2, 0) is 4.79 Å². The summed E-state index contributed by atoms with van der Waals surface area (Å²) in [6.45, 7) is 5.09. The van der Waals surface area contributed by atoms with Crippen LogP contribution >= 0.6 is 0 Å². The fraction of sp³-hybridized carbons (Fsp3) is 0.875. The van der Waals surface area contributed by atoms with Crippen LogP contribution in [0.5, 0.6) is 0 Å². The first-order chi connectivity index (χ1) is 10.1. The third kappa shape index (κ3) is 6.14. The van der Waals surface area contributed by atoms with Gasteiger partial charge in [0.25, 0.3) is 0 Å². The second-order valence-electron chi connectivity index (χ2n) is 6.00. The quantitative estimate of drug-likeness (QED) is 0.429. The van der Waals surface area contributed by atoms with E-state index in [0.717, 1.165) is 31.8 Å². The Morgan fingerprint density at radius 2 is 1.90 bits per heavy atom. The van der Waals surface area contributed by atoms with Gasteiger partial charge in [0, 0.05) is 6.42 Å². The Morgan fingerprint density at radius 1 is 1.19 bits per heavy atom. The summed E-state index contributed by atoms with van der Waals surface area (Å²) in [6, 6.07) is 0. The van der Waals surface area contributed by atoms with E-state index in [0.29, 0.717) is 17.6 Å². The molecule has 1 unspecified atom stereocenters. The van der Waals surface area contributed by atoms with Crippen LogP contribution in [0.1, 0.15) is 58.3 Å². The first kappa shape index (κ1) is 18.1. The molecule has 0 saturated carbocycles. The Bertz CT molecular complexity index is 344. The van der Waals surface area contributed by atoms with Crippen LogP contribution in [0.3, 0.4) is 0 Å². The Balaban J connectivity index is 2.43. The third-order valence-electron chi connectivity index (χ3n) is 4.41. The van der Waals surface area contributed by atoms with Gasteiger partial charge in [-0.25, -0.2) is 4.99 Å². The van der Waals surface area contributed by atoms with Crippen molar-refractivity contribution in [2.75, 3.05) is 32.8 Å². The highest BCUT2D eigenvalue weighted by molar-refractivity contribution is 5.77. The van der Waals surface area contributed by atoms with E-state index in [1.165, 1.54) is 32.1 Å². The summed E-state index contributed by atoms with van der Waals surface area (Å²) in [6.07, 6.45) is 8.59. The van der Waals surface area contributed by atoms with E-state index in [4.69, 9.17) is 5.11 Å². The van der Waals surface area contributed by atoms with Crippen molar-refractivity contribution in [1.29, 1.82) is 0 Å². The average Bonchev–Trinajstić information content (AvgIpc) is 2.84. The van der Waals surface area contributed by atoms with Gasteiger partial charge in [-0.15, -0.1) is 0 Å². The lowest BCUT2D eigenvalue weighted by molar-refractivity contribution is -0.836. The molecular weight excluding hydrogens is 268 g/mol. The van der Waals surface area contributed by atoms with Gasteiger partial charge in [0.2, 0.25) is 0 Å². The zero-order valence-corrected chi connectivity index (χ0v) is 13.4. The van der Waals surface area contributed by atoms with Crippen LogP contribution in [0.4, 0.5) is 0 Å². The number of hydrogen-bond acceptors (Lipinski definition) is 3. The summed E-state index contributed by atoms with van der Waals surface area (Å²) >= 11 is 0. The monoisotopic (exact) mass is 299 g/mol. The lowest BCUT2D eigenvalue weighted by Gasteiger charge is -2.34. The molecule has 1 rings (SSSR count). The van der Waals surface area contributed by atoms with E-state index in [1.54, 1.807) is 0 Å². The predicted molar refractivity (Wildman–Crippen MR) is 84.5 cm³/mol. The minimum atomic E-state index is -0.767. The summed E-state index contributed by atoms with van der Waals surface area (Å²) in [5, 5.41) is 18.3. The number of amidine groups is 1. The molecule has 1 aliphatic heterocycles. The van der Waals surface area contributed by atoms with Crippen LogP contribution in [-0.4, -0.2) is 59.3 Å². The maximum atomic E-state index is 10.9. The molecule has 1 atom stereocenters. The first-order valence-electron chi connectivity index (χ1n) is 8.37. The van der Waals surface area contributed by atoms with Gasteiger partial charge < -0.3 is 10.2 Å². The molecule has 21 heavy (non-hydrogen) atoms. The first-order valence-corrected chi connectivity index (χ1v) is 8.37. The molecule has 1 aliphatic rings. The van der Waals surface area contributed by atoms with Crippen molar-refractivity contribution in [2.24, 2.45) is 4.99 Å². The molecule has 0 bridgehead atoms. The molecular formula is C16H31N2O3+. The molecule has 0 aromatic rings. The SMILES string of the molecule is CCCCCCCCC1=NCC[N+]1(CCO)CCC(=O)O. The standard InChI is InChI=1S/C16H30N2O3/c1-2-3-4-5-6-7-8-15-17-10-12-18(15,13-14-19)11-9-16(20)21/h19H,2-14H2,1H3/p+1. The maximum absolute atomic E-state index is 10.9. The number of carbonyl (C=O) groups is 1. The number of nitrogens with zero attached hydrogens (tertiary/aromatic N) is 2. The lowest BCUT2D eigenvalue weighted by atomic mass is 10.1. The van der Waals surface area contributed by atoms with Crippen LogP contribution < -0.4 is 0 Å². The van der Waals surface area contributed by atoms with E-state index in [2.05, 4.69) is 11.9 Å². The number of carboxylic acids is 1. The molecule has 0 saturated heterocycles. The summed E-state index contributed by atoms with van der Waals surface area (Å²) in [5.41, 5.74) is 0. The summed E-state index contributed by atoms with van der Waals surface area (Å²) in [7, 11) is 0. The Kier molecular flexibility index (Phi) is 8.54. The maximum Gasteiger partial charge on any atom is 0.309 e. The fourth-order valence-electron chi connectivity index (χ4n) is 3.12. The lowest BCUT2D eigenvalue weighted by Crippen LogP contribution is -2.53. The van der Waals surface area contributed by atoms with E-state index >= 15 is 0 Å². The van der Waals surface area contributed by atoms with Crippen molar-refractivity contribution < 1.29 is 19.5 Å². The second-order valence-corrected chi connectivity index (χ2v) is 6.00. The van der Waals surface area contributed by atoms with Gasteiger partial charge in [-0.05, 0) is 6.42 Å². The highest BCUT2D eigenvalue weighted by atomic mass is 16.4. The zero-order valence-electron chi connectivity index (χ0n) is 13.4. The molecule has 0 aromatic heterocycles. The topological polar surface area (TPSA) is 69.9 Å². The molecule has 0 radical (unpaired) electrons. The van der Waals surface area contributed by atoms with Gasteiger partial charge in [-0.1, -0.05) is 39.0 Å². The van der Waals surface area contributed by atoms with E-state index in [9.17, 15) is 9.90 Å². The molecule has 0 spiro atoms. The van der Waals surface area contributed by atoms with Crippen molar-refractivity contribution in [2.45, 2.75) is 58.3 Å². The Morgan fingerprint density at radius 3 is 2.57 bits per heavy atom. The van der Waals surface area contributed by atoms with Gasteiger partial charge in [0.05, 0.1) is 26.1 Å². The Labute approximate surface area is 128 Å². The van der Waals surface area contributed by atoms with E-state index < -0.39 is 5.97 Å². The second kappa shape index (κ2) is 9.90. The number of rotatable bonds is 12. The molecule has 0 aliphatic carbocycles. The van der Waals surface area contributed by atoms with Gasteiger partial charge in [0.1, 0.15) is 13.1 Å². The highest BCUT2D eigenvalue weighted by Crippen LogP contribution is 2.21. The molecule has 5 heteroatoms. The fourth-order valence-corrected chi connectivity index (χ4v) is 3.12. The minimum Gasteiger partial charge on any atom is -0.481 e. The van der Waals surface area contributed by atoms with E-state index in [-0.39, 0.29) is 13.0 Å². The number of aliphatic hydroxyl groups is 1. The van der Waals surface area contributed by atoms with E-state index in [1.807, 2.05) is 0 Å². The summed E-state index contributed by atoms with van der Waals surface area (Å²) < 4.78 is 0.595. The van der Waals surface area contributed by atoms with Crippen molar-refractivity contribution in [3.8, 4) is 0 Å². The summed E-state index contributed by atoms with van der Waals surface area (Å²) in [5.74, 6) is 0.344. The number of quaternary nitrogens is 1. The number of aliphatic hydroxyl groups excluding tert-OH is 1. The molecule has 2 N–H and O–H groups in total. The summed E-state index contributed by atoms with van der Waals surface area (Å²) in [4.78, 5) is 15.5. The van der Waals surface area contributed by atoms with Crippen molar-refractivity contribution in [3.63, 3.8) is 0 Å². The number of carboxylic acid groups (broad SMARTS) is 1. The zero-order chi connectivity index (χ0) is 15.6. The Hall–Kier alpha value is -0.940. The van der Waals surface area contributed by atoms with Crippen LogP contribution in [0.15, 0.2) is 4.99 Å². The number of aliphatic carboxylic acids is 1. The van der Waals surface area contributed by atoms with Crippen molar-refractivity contribution >= 4 is 11.8 Å². The molecule has 0 amide bonds. The van der Waals surface area contributed by atoms with Crippen LogP contribution in [0.25, 0.3) is 0 Å². The molecule has 5 nitrogen and oxygen atoms in total. The molecule has 122 valence electrons. The minimum absolute atomic E-state index is 0.0924. The third-order valence-corrected chi connectivity index (χ3v) is 4.41. The van der Waals surface area contributed by atoms with Crippen molar-refractivity contribution in [3.05, 3.63) is 0 Å². The van der Waals surface area contributed by atoms with Crippen LogP contribution in [0.2, 0.25) is 0 Å². The molecule has 0 aromatic carbocycles. The normalized spacial score (nSPS) is 21.5. The van der Waals surface area contributed by atoms with Crippen LogP contribution in [0, 0.1) is 0 Å². The molecule has 0 fully saturated rings. The smallest absolute Gasteiger partial charge is 0.309 e. The van der Waals surface area contributed by atoms with Crippen molar-refractivity contribution in [1.82, 2.24) is 0 Å².